The number of aromatic nitrogens is 2. The van der Waals surface area contributed by atoms with Crippen LogP contribution in [0.3, 0.4) is 0 Å². The average Bonchev–Trinajstić information content (AvgIpc) is 2.64. The monoisotopic (exact) mass is 201 g/mol. The standard InChI is InChI=1S/C7H11N3O2S/c11-6-2-10(3-7(6)12)1-5-4-13-9-8-5/h4,6-7,11-12H,1-3H2/t6-,7+. The Bertz CT molecular complexity index is 257. The summed E-state index contributed by atoms with van der Waals surface area (Å²) >= 11 is 1.31. The van der Waals surface area contributed by atoms with E-state index in [4.69, 9.17) is 0 Å². The van der Waals surface area contributed by atoms with Gasteiger partial charge < -0.3 is 10.2 Å². The maximum Gasteiger partial charge on any atom is 0.0938 e. The van der Waals surface area contributed by atoms with Gasteiger partial charge in [0.1, 0.15) is 0 Å². The Kier molecular flexibility index (Phi) is 2.54. The zero-order valence-corrected chi connectivity index (χ0v) is 7.81. The summed E-state index contributed by atoms with van der Waals surface area (Å²) in [6.07, 6.45) is -1.24. The summed E-state index contributed by atoms with van der Waals surface area (Å²) in [5.41, 5.74) is 0.895. The van der Waals surface area contributed by atoms with Crippen LogP contribution >= 0.6 is 11.5 Å². The minimum absolute atomic E-state index is 0.513. The Balaban J connectivity index is 1.91. The van der Waals surface area contributed by atoms with E-state index in [9.17, 15) is 10.2 Å². The lowest BCUT2D eigenvalue weighted by atomic mass is 10.3. The number of aliphatic hydroxyl groups is 2. The minimum Gasteiger partial charge on any atom is -0.389 e. The Morgan fingerprint density at radius 2 is 2.15 bits per heavy atom. The third-order valence-electron chi connectivity index (χ3n) is 2.13. The third kappa shape index (κ3) is 2.02. The van der Waals surface area contributed by atoms with E-state index in [1.54, 1.807) is 0 Å². The average molecular weight is 201 g/mol. The first-order chi connectivity index (χ1) is 6.25. The van der Waals surface area contributed by atoms with Crippen LogP contribution in [0.25, 0.3) is 0 Å². The molecule has 1 fully saturated rings. The Hall–Kier alpha value is -0.560. The molecule has 6 heteroatoms. The lowest BCUT2D eigenvalue weighted by molar-refractivity contribution is 0.0572. The summed E-state index contributed by atoms with van der Waals surface area (Å²) in [6.45, 7) is 1.68. The smallest absolute Gasteiger partial charge is 0.0938 e. The van der Waals surface area contributed by atoms with E-state index in [0.29, 0.717) is 19.6 Å². The van der Waals surface area contributed by atoms with Gasteiger partial charge in [-0.05, 0) is 11.5 Å². The first-order valence-electron chi connectivity index (χ1n) is 4.10. The predicted octanol–water partition coefficient (Wildman–Crippen LogP) is -0.925. The highest BCUT2D eigenvalue weighted by Gasteiger charge is 2.29. The fraction of sp³-hybridized carbons (Fsp3) is 0.714. The van der Waals surface area contributed by atoms with Gasteiger partial charge in [0, 0.05) is 25.0 Å². The molecule has 1 saturated heterocycles. The summed E-state index contributed by atoms with van der Waals surface area (Å²) in [5.74, 6) is 0. The maximum atomic E-state index is 9.27. The molecule has 0 radical (unpaired) electrons. The fourth-order valence-electron chi connectivity index (χ4n) is 1.46. The second-order valence-corrected chi connectivity index (χ2v) is 3.83. The van der Waals surface area contributed by atoms with Crippen LogP contribution in [0.1, 0.15) is 5.69 Å². The lowest BCUT2D eigenvalue weighted by Gasteiger charge is -2.11. The molecule has 0 saturated carbocycles. The van der Waals surface area contributed by atoms with E-state index in [1.165, 1.54) is 11.5 Å². The summed E-state index contributed by atoms with van der Waals surface area (Å²) in [5, 5.41) is 24.3. The molecule has 0 spiro atoms. The molecule has 2 heterocycles. The van der Waals surface area contributed by atoms with Crippen molar-refractivity contribution < 1.29 is 10.2 Å². The first-order valence-corrected chi connectivity index (χ1v) is 4.94. The van der Waals surface area contributed by atoms with Crippen LogP contribution in [0.2, 0.25) is 0 Å². The SMILES string of the molecule is O[C@@H]1CN(Cc2csnn2)C[C@@H]1O. The van der Waals surface area contributed by atoms with Gasteiger partial charge >= 0.3 is 0 Å². The van der Waals surface area contributed by atoms with Crippen LogP contribution in [0.4, 0.5) is 0 Å². The van der Waals surface area contributed by atoms with Crippen molar-refractivity contribution >= 4 is 11.5 Å². The first kappa shape index (κ1) is 9.01. The van der Waals surface area contributed by atoms with Crippen molar-refractivity contribution in [3.8, 4) is 0 Å². The Labute approximate surface area is 79.8 Å². The van der Waals surface area contributed by atoms with Crippen LogP contribution in [-0.2, 0) is 6.54 Å². The zero-order chi connectivity index (χ0) is 9.26. The largest absolute Gasteiger partial charge is 0.389 e. The number of nitrogens with zero attached hydrogens (tertiary/aromatic N) is 3. The zero-order valence-electron chi connectivity index (χ0n) is 7.00. The van der Waals surface area contributed by atoms with Crippen molar-refractivity contribution in [1.29, 1.82) is 0 Å². The molecule has 0 amide bonds. The van der Waals surface area contributed by atoms with Gasteiger partial charge in [0.2, 0.25) is 0 Å². The second-order valence-electron chi connectivity index (χ2n) is 3.23. The molecule has 1 aromatic heterocycles. The van der Waals surface area contributed by atoms with Gasteiger partial charge in [-0.25, -0.2) is 0 Å². The second kappa shape index (κ2) is 3.67. The van der Waals surface area contributed by atoms with Gasteiger partial charge in [-0.15, -0.1) is 5.10 Å². The molecule has 2 rings (SSSR count). The summed E-state index contributed by atoms with van der Waals surface area (Å²) in [4.78, 5) is 1.96. The predicted molar refractivity (Wildman–Crippen MR) is 47.2 cm³/mol. The van der Waals surface area contributed by atoms with Gasteiger partial charge in [0.05, 0.1) is 17.9 Å². The van der Waals surface area contributed by atoms with Crippen molar-refractivity contribution in [2.45, 2.75) is 18.8 Å². The van der Waals surface area contributed by atoms with Crippen LogP contribution in [0.15, 0.2) is 5.38 Å². The van der Waals surface area contributed by atoms with Crippen LogP contribution < -0.4 is 0 Å². The normalized spacial score (nSPS) is 29.7. The lowest BCUT2D eigenvalue weighted by Crippen LogP contribution is -2.22. The molecule has 1 aromatic rings. The van der Waals surface area contributed by atoms with Crippen LogP contribution in [-0.4, -0.2) is 50.0 Å². The summed E-state index contributed by atoms with van der Waals surface area (Å²) < 4.78 is 3.74. The molecular weight excluding hydrogens is 190 g/mol. The van der Waals surface area contributed by atoms with Gasteiger partial charge in [0.25, 0.3) is 0 Å². The molecule has 13 heavy (non-hydrogen) atoms. The van der Waals surface area contributed by atoms with Crippen molar-refractivity contribution in [3.05, 3.63) is 11.1 Å². The molecule has 0 unspecified atom stereocenters. The van der Waals surface area contributed by atoms with Crippen molar-refractivity contribution in [3.63, 3.8) is 0 Å². The van der Waals surface area contributed by atoms with Crippen LogP contribution in [0, 0.1) is 0 Å². The molecule has 0 bridgehead atoms. The molecule has 1 aliphatic rings. The van der Waals surface area contributed by atoms with Gasteiger partial charge in [-0.3, -0.25) is 4.90 Å². The van der Waals surface area contributed by atoms with E-state index >= 15 is 0 Å². The molecule has 1 aliphatic heterocycles. The van der Waals surface area contributed by atoms with E-state index in [-0.39, 0.29) is 0 Å². The summed E-state index contributed by atoms with van der Waals surface area (Å²) in [6, 6.07) is 0. The number of β-amino-alcohol motifs (C(OH)–C–C–N with tert-alkyl or cyclic N) is 2. The highest BCUT2D eigenvalue weighted by molar-refractivity contribution is 7.03. The van der Waals surface area contributed by atoms with E-state index < -0.39 is 12.2 Å². The quantitative estimate of drug-likeness (QED) is 0.647. The maximum absolute atomic E-state index is 9.27. The molecule has 5 nitrogen and oxygen atoms in total. The van der Waals surface area contributed by atoms with E-state index in [1.807, 2.05) is 10.3 Å². The topological polar surface area (TPSA) is 69.5 Å². The van der Waals surface area contributed by atoms with Crippen molar-refractivity contribution in [2.24, 2.45) is 0 Å². The summed E-state index contributed by atoms with van der Waals surface area (Å²) in [7, 11) is 0. The number of aliphatic hydroxyl groups excluding tert-OH is 2. The number of likely N-dealkylation sites (tertiary alicyclic amines) is 1. The molecular formula is C7H11N3O2S. The van der Waals surface area contributed by atoms with E-state index in [2.05, 4.69) is 9.59 Å². The Morgan fingerprint density at radius 3 is 2.69 bits per heavy atom. The fourth-order valence-corrected chi connectivity index (χ4v) is 1.90. The minimum atomic E-state index is -0.619. The molecule has 72 valence electrons. The molecule has 2 N–H and O–H groups in total. The number of rotatable bonds is 2. The van der Waals surface area contributed by atoms with Crippen LogP contribution in [0.5, 0.6) is 0 Å². The molecule has 2 atom stereocenters. The molecule has 0 aliphatic carbocycles. The van der Waals surface area contributed by atoms with Gasteiger partial charge in [-0.1, -0.05) is 4.49 Å². The number of hydrogen-bond donors (Lipinski definition) is 2. The van der Waals surface area contributed by atoms with Crippen molar-refractivity contribution in [1.82, 2.24) is 14.5 Å². The van der Waals surface area contributed by atoms with Gasteiger partial charge in [0.15, 0.2) is 0 Å². The Morgan fingerprint density at radius 1 is 1.46 bits per heavy atom. The van der Waals surface area contributed by atoms with Gasteiger partial charge in [-0.2, -0.15) is 0 Å². The highest BCUT2D eigenvalue weighted by Crippen LogP contribution is 2.12. The third-order valence-corrected chi connectivity index (χ3v) is 2.68. The van der Waals surface area contributed by atoms with E-state index in [0.717, 1.165) is 5.69 Å². The highest BCUT2D eigenvalue weighted by atomic mass is 32.1. The number of hydrogen-bond acceptors (Lipinski definition) is 6. The molecule has 0 aromatic carbocycles. The van der Waals surface area contributed by atoms with Crippen molar-refractivity contribution in [2.75, 3.05) is 13.1 Å².